The number of nitro benzene ring substituents is 1. The number of hydrogen-bond acceptors (Lipinski definition) is 6. The molecule has 7 nitrogen and oxygen atoms in total. The molecule has 1 fully saturated rings. The topological polar surface area (TPSA) is 81.3 Å². The van der Waals surface area contributed by atoms with Gasteiger partial charge in [0.25, 0.3) is 11.6 Å². The number of aromatic nitrogens is 2. The molecule has 0 atom stereocenters. The Morgan fingerprint density at radius 1 is 1.16 bits per heavy atom. The molecule has 162 valence electrons. The summed E-state index contributed by atoms with van der Waals surface area (Å²) in [5.41, 5.74) is 2.96. The Hall–Kier alpha value is -3.30. The van der Waals surface area contributed by atoms with Crippen molar-refractivity contribution in [1.82, 2.24) is 14.7 Å². The lowest BCUT2D eigenvalue weighted by Gasteiger charge is -2.12. The minimum atomic E-state index is -0.436. The highest BCUT2D eigenvalue weighted by Crippen LogP contribution is 2.35. The number of nitrogens with zero attached hydrogens (tertiary/aromatic N) is 4. The molecule has 2 heterocycles. The molecule has 0 unspecified atom stereocenters. The first-order chi connectivity index (χ1) is 15.5. The van der Waals surface area contributed by atoms with E-state index in [9.17, 15) is 14.9 Å². The van der Waals surface area contributed by atoms with Gasteiger partial charge in [-0.3, -0.25) is 19.8 Å². The molecule has 0 bridgehead atoms. The number of carbonyl (C=O) groups excluding carboxylic acids is 1. The van der Waals surface area contributed by atoms with E-state index >= 15 is 0 Å². The fourth-order valence-corrected chi connectivity index (χ4v) is 4.62. The third-order valence-electron chi connectivity index (χ3n) is 5.01. The third-order valence-corrected chi connectivity index (χ3v) is 6.39. The molecule has 32 heavy (non-hydrogen) atoms. The van der Waals surface area contributed by atoms with Crippen LogP contribution in [0.3, 0.4) is 0 Å². The first-order valence-electron chi connectivity index (χ1n) is 10.1. The van der Waals surface area contributed by atoms with Crippen LogP contribution in [0.4, 0.5) is 5.69 Å². The van der Waals surface area contributed by atoms with Gasteiger partial charge in [0.2, 0.25) is 0 Å². The van der Waals surface area contributed by atoms with Crippen LogP contribution in [0.5, 0.6) is 0 Å². The van der Waals surface area contributed by atoms with E-state index in [4.69, 9.17) is 17.3 Å². The quantitative estimate of drug-likeness (QED) is 0.200. The first kappa shape index (κ1) is 21.9. The van der Waals surface area contributed by atoms with Crippen molar-refractivity contribution < 1.29 is 9.72 Å². The van der Waals surface area contributed by atoms with Gasteiger partial charge in [0, 0.05) is 36.0 Å². The van der Waals surface area contributed by atoms with Gasteiger partial charge in [-0.25, -0.2) is 4.68 Å². The van der Waals surface area contributed by atoms with Gasteiger partial charge >= 0.3 is 0 Å². The maximum atomic E-state index is 12.9. The van der Waals surface area contributed by atoms with Crippen molar-refractivity contribution in [3.05, 3.63) is 81.4 Å². The Labute approximate surface area is 194 Å². The van der Waals surface area contributed by atoms with Gasteiger partial charge in [-0.05, 0) is 36.8 Å². The molecule has 0 N–H and O–H groups in total. The molecule has 1 aliphatic rings. The van der Waals surface area contributed by atoms with Gasteiger partial charge in [0.15, 0.2) is 0 Å². The molecule has 0 spiro atoms. The van der Waals surface area contributed by atoms with E-state index in [-0.39, 0.29) is 11.6 Å². The minimum Gasteiger partial charge on any atom is -0.293 e. The predicted octanol–water partition coefficient (Wildman–Crippen LogP) is 5.45. The summed E-state index contributed by atoms with van der Waals surface area (Å²) in [6, 6.07) is 15.9. The van der Waals surface area contributed by atoms with Crippen LogP contribution >= 0.6 is 24.0 Å². The van der Waals surface area contributed by atoms with Crippen LogP contribution in [0, 0.1) is 10.1 Å². The summed E-state index contributed by atoms with van der Waals surface area (Å²) in [7, 11) is 0. The number of amides is 1. The highest BCUT2D eigenvalue weighted by molar-refractivity contribution is 8.26. The molecule has 4 rings (SSSR count). The largest absolute Gasteiger partial charge is 0.293 e. The van der Waals surface area contributed by atoms with Crippen molar-refractivity contribution in [1.29, 1.82) is 0 Å². The summed E-state index contributed by atoms with van der Waals surface area (Å²) in [6.07, 6.45) is 5.52. The molecule has 0 aliphatic carbocycles. The summed E-state index contributed by atoms with van der Waals surface area (Å²) >= 11 is 6.70. The van der Waals surface area contributed by atoms with Crippen molar-refractivity contribution in [2.45, 2.75) is 19.8 Å². The number of thioether (sulfide) groups is 1. The van der Waals surface area contributed by atoms with Crippen LogP contribution in [0.2, 0.25) is 0 Å². The molecule has 1 aliphatic heterocycles. The Kier molecular flexibility index (Phi) is 6.48. The van der Waals surface area contributed by atoms with Crippen molar-refractivity contribution in [3.8, 4) is 16.9 Å². The van der Waals surface area contributed by atoms with Crippen LogP contribution in [-0.4, -0.2) is 36.4 Å². The second kappa shape index (κ2) is 9.46. The van der Waals surface area contributed by atoms with Crippen LogP contribution in [0.15, 0.2) is 65.7 Å². The number of benzene rings is 2. The summed E-state index contributed by atoms with van der Waals surface area (Å²) < 4.78 is 2.29. The number of para-hydroxylation sites is 1. The molecule has 1 aromatic heterocycles. The second-order valence-electron chi connectivity index (χ2n) is 7.20. The SMILES string of the molecule is CCCCN1C(=O)/C(=C/c2cn(-c3ccccc3)nc2-c2ccc([N+](=O)[O-])cc2)SC1=S. The molecule has 2 aromatic carbocycles. The second-order valence-corrected chi connectivity index (χ2v) is 8.88. The van der Waals surface area contributed by atoms with E-state index in [0.29, 0.717) is 21.5 Å². The predicted molar refractivity (Wildman–Crippen MR) is 130 cm³/mol. The number of thiocarbonyl (C=S) groups is 1. The number of unbranched alkanes of at least 4 members (excludes halogenated alkanes) is 1. The van der Waals surface area contributed by atoms with Gasteiger partial charge in [-0.2, -0.15) is 5.10 Å². The molecule has 1 amide bonds. The lowest BCUT2D eigenvalue weighted by molar-refractivity contribution is -0.384. The van der Waals surface area contributed by atoms with Crippen LogP contribution in [0.25, 0.3) is 23.0 Å². The number of rotatable bonds is 7. The maximum absolute atomic E-state index is 12.9. The fourth-order valence-electron chi connectivity index (χ4n) is 3.32. The van der Waals surface area contributed by atoms with Crippen molar-refractivity contribution in [2.75, 3.05) is 6.54 Å². The summed E-state index contributed by atoms with van der Waals surface area (Å²) in [6.45, 7) is 2.68. The van der Waals surface area contributed by atoms with E-state index in [1.54, 1.807) is 27.8 Å². The Balaban J connectivity index is 1.76. The average molecular weight is 465 g/mol. The summed E-state index contributed by atoms with van der Waals surface area (Å²) in [5.74, 6) is -0.101. The molecule has 0 radical (unpaired) electrons. The van der Waals surface area contributed by atoms with Gasteiger partial charge in [0.05, 0.1) is 21.2 Å². The average Bonchev–Trinajstić information content (AvgIpc) is 3.34. The fraction of sp³-hybridized carbons (Fsp3) is 0.174. The lowest BCUT2D eigenvalue weighted by atomic mass is 10.1. The number of carbonyl (C=O) groups is 1. The van der Waals surface area contributed by atoms with Gasteiger partial charge in [-0.1, -0.05) is 55.5 Å². The van der Waals surface area contributed by atoms with E-state index in [1.165, 1.54) is 23.9 Å². The van der Waals surface area contributed by atoms with Crippen LogP contribution in [-0.2, 0) is 4.79 Å². The van der Waals surface area contributed by atoms with Gasteiger partial charge in [0.1, 0.15) is 4.32 Å². The minimum absolute atomic E-state index is 0.00888. The number of nitro groups is 1. The zero-order valence-electron chi connectivity index (χ0n) is 17.3. The standard InChI is InChI=1S/C23H20N4O3S2/c1-2-3-13-25-22(28)20(32-23(25)31)14-17-15-26(18-7-5-4-6-8-18)24-21(17)16-9-11-19(12-10-16)27(29)30/h4-12,14-15H,2-3,13H2,1H3/b20-14-. The maximum Gasteiger partial charge on any atom is 0.269 e. The van der Waals surface area contributed by atoms with Crippen molar-refractivity contribution in [2.24, 2.45) is 0 Å². The van der Waals surface area contributed by atoms with Crippen molar-refractivity contribution >= 4 is 46.0 Å². The van der Waals surface area contributed by atoms with E-state index in [0.717, 1.165) is 29.7 Å². The Morgan fingerprint density at radius 2 is 1.88 bits per heavy atom. The van der Waals surface area contributed by atoms with Crippen molar-refractivity contribution in [3.63, 3.8) is 0 Å². The third kappa shape index (κ3) is 4.49. The van der Waals surface area contributed by atoms with Gasteiger partial charge in [-0.15, -0.1) is 0 Å². The van der Waals surface area contributed by atoms with Crippen LogP contribution < -0.4 is 0 Å². The summed E-state index contributed by atoms with van der Waals surface area (Å²) in [5, 5.41) is 15.7. The lowest BCUT2D eigenvalue weighted by Crippen LogP contribution is -2.28. The summed E-state index contributed by atoms with van der Waals surface area (Å²) in [4.78, 5) is 25.7. The van der Waals surface area contributed by atoms with E-state index in [1.807, 2.05) is 36.5 Å². The first-order valence-corrected chi connectivity index (χ1v) is 11.4. The zero-order chi connectivity index (χ0) is 22.7. The highest BCUT2D eigenvalue weighted by Gasteiger charge is 2.31. The normalized spacial score (nSPS) is 15.0. The number of hydrogen-bond donors (Lipinski definition) is 0. The molecule has 3 aromatic rings. The van der Waals surface area contributed by atoms with E-state index in [2.05, 4.69) is 6.92 Å². The Bertz CT molecular complexity index is 1200. The molecular formula is C23H20N4O3S2. The molecule has 0 saturated carbocycles. The highest BCUT2D eigenvalue weighted by atomic mass is 32.2. The monoisotopic (exact) mass is 464 g/mol. The molecule has 9 heteroatoms. The zero-order valence-corrected chi connectivity index (χ0v) is 18.9. The molecular weight excluding hydrogens is 444 g/mol. The molecule has 1 saturated heterocycles. The Morgan fingerprint density at radius 3 is 2.53 bits per heavy atom. The number of non-ortho nitro benzene ring substituents is 1. The van der Waals surface area contributed by atoms with Gasteiger partial charge < -0.3 is 0 Å². The smallest absolute Gasteiger partial charge is 0.269 e. The van der Waals surface area contributed by atoms with Crippen LogP contribution in [0.1, 0.15) is 25.3 Å². The van der Waals surface area contributed by atoms with E-state index < -0.39 is 4.92 Å².